The summed E-state index contributed by atoms with van der Waals surface area (Å²) < 4.78 is 10.5. The predicted molar refractivity (Wildman–Crippen MR) is 68.6 cm³/mol. The standard InChI is InChI=1S/C15H20O2/c1-15(2,3)13-6-4-5-12(11-13)7-8-14-16-9-10-17-14/h4-6,9-11,14H,7-8H2,1-3H3. The van der Waals surface area contributed by atoms with Gasteiger partial charge in [0.1, 0.15) is 12.5 Å². The van der Waals surface area contributed by atoms with Crippen molar-refractivity contribution in [1.29, 1.82) is 0 Å². The highest BCUT2D eigenvalue weighted by atomic mass is 16.7. The van der Waals surface area contributed by atoms with E-state index < -0.39 is 0 Å². The van der Waals surface area contributed by atoms with E-state index in [4.69, 9.17) is 9.47 Å². The van der Waals surface area contributed by atoms with Crippen molar-refractivity contribution >= 4 is 0 Å². The lowest BCUT2D eigenvalue weighted by molar-refractivity contribution is -0.0275. The average Bonchev–Trinajstić information content (AvgIpc) is 2.78. The molecule has 92 valence electrons. The SMILES string of the molecule is CC(C)(C)c1cccc(CCC2OC=CO2)c1. The fourth-order valence-electron chi connectivity index (χ4n) is 1.89. The molecule has 0 saturated heterocycles. The molecule has 1 aromatic rings. The average molecular weight is 232 g/mol. The summed E-state index contributed by atoms with van der Waals surface area (Å²) in [6.45, 7) is 6.71. The minimum absolute atomic E-state index is 0.103. The van der Waals surface area contributed by atoms with Gasteiger partial charge in [-0.2, -0.15) is 0 Å². The molecule has 0 aliphatic carbocycles. The summed E-state index contributed by atoms with van der Waals surface area (Å²) in [5.41, 5.74) is 2.93. The van der Waals surface area contributed by atoms with Gasteiger partial charge in [-0.1, -0.05) is 45.0 Å². The van der Waals surface area contributed by atoms with Crippen molar-refractivity contribution in [3.05, 3.63) is 47.9 Å². The molecule has 0 amide bonds. The summed E-state index contributed by atoms with van der Waals surface area (Å²) in [5.74, 6) is 0. The van der Waals surface area contributed by atoms with E-state index in [-0.39, 0.29) is 11.7 Å². The number of ether oxygens (including phenoxy) is 2. The Hall–Kier alpha value is -1.44. The van der Waals surface area contributed by atoms with Gasteiger partial charge in [-0.05, 0) is 23.0 Å². The van der Waals surface area contributed by atoms with Gasteiger partial charge < -0.3 is 9.47 Å². The van der Waals surface area contributed by atoms with E-state index in [9.17, 15) is 0 Å². The molecule has 0 saturated carbocycles. The Balaban J connectivity index is 1.96. The van der Waals surface area contributed by atoms with Gasteiger partial charge in [0, 0.05) is 6.42 Å². The van der Waals surface area contributed by atoms with Gasteiger partial charge in [-0.25, -0.2) is 0 Å². The minimum atomic E-state index is -0.103. The van der Waals surface area contributed by atoms with Crippen LogP contribution in [0.1, 0.15) is 38.3 Å². The molecule has 2 rings (SSSR count). The fourth-order valence-corrected chi connectivity index (χ4v) is 1.89. The predicted octanol–water partition coefficient (Wildman–Crippen LogP) is 3.76. The van der Waals surface area contributed by atoms with Crippen LogP contribution in [0.2, 0.25) is 0 Å². The van der Waals surface area contributed by atoms with Crippen LogP contribution in [0.25, 0.3) is 0 Å². The van der Waals surface area contributed by atoms with E-state index >= 15 is 0 Å². The molecule has 2 heteroatoms. The van der Waals surface area contributed by atoms with Gasteiger partial charge in [0.05, 0.1) is 0 Å². The van der Waals surface area contributed by atoms with Crippen LogP contribution in [-0.2, 0) is 21.3 Å². The lowest BCUT2D eigenvalue weighted by Gasteiger charge is -2.20. The normalized spacial score (nSPS) is 15.7. The van der Waals surface area contributed by atoms with E-state index in [1.165, 1.54) is 11.1 Å². The highest BCUT2D eigenvalue weighted by Gasteiger charge is 2.15. The lowest BCUT2D eigenvalue weighted by Crippen LogP contribution is -2.12. The molecule has 0 fully saturated rings. The Labute approximate surface area is 103 Å². The highest BCUT2D eigenvalue weighted by molar-refractivity contribution is 5.28. The molecule has 0 radical (unpaired) electrons. The van der Waals surface area contributed by atoms with Crippen LogP contribution >= 0.6 is 0 Å². The zero-order valence-corrected chi connectivity index (χ0v) is 10.8. The van der Waals surface area contributed by atoms with Crippen molar-refractivity contribution in [2.24, 2.45) is 0 Å². The Bertz CT molecular complexity index is 394. The van der Waals surface area contributed by atoms with Crippen molar-refractivity contribution < 1.29 is 9.47 Å². The van der Waals surface area contributed by atoms with E-state index in [1.54, 1.807) is 12.5 Å². The lowest BCUT2D eigenvalue weighted by atomic mass is 9.86. The number of hydrogen-bond donors (Lipinski definition) is 0. The summed E-state index contributed by atoms with van der Waals surface area (Å²) in [7, 11) is 0. The minimum Gasteiger partial charge on any atom is -0.459 e. The summed E-state index contributed by atoms with van der Waals surface area (Å²) >= 11 is 0. The zero-order valence-electron chi connectivity index (χ0n) is 10.8. The first kappa shape index (κ1) is 12.0. The van der Waals surface area contributed by atoms with E-state index in [1.807, 2.05) is 0 Å². The van der Waals surface area contributed by atoms with Gasteiger partial charge in [0.25, 0.3) is 0 Å². The quantitative estimate of drug-likeness (QED) is 0.790. The molecular weight excluding hydrogens is 212 g/mol. The van der Waals surface area contributed by atoms with Crippen molar-refractivity contribution in [3.8, 4) is 0 Å². The van der Waals surface area contributed by atoms with Crippen molar-refractivity contribution in [2.75, 3.05) is 0 Å². The zero-order chi connectivity index (χ0) is 12.3. The number of aryl methyl sites for hydroxylation is 1. The first-order valence-corrected chi connectivity index (χ1v) is 6.11. The smallest absolute Gasteiger partial charge is 0.240 e. The number of benzene rings is 1. The molecule has 0 atom stereocenters. The molecule has 0 bridgehead atoms. The van der Waals surface area contributed by atoms with E-state index in [0.29, 0.717) is 0 Å². The molecule has 1 heterocycles. The highest BCUT2D eigenvalue weighted by Crippen LogP contribution is 2.23. The van der Waals surface area contributed by atoms with Gasteiger partial charge in [-0.15, -0.1) is 0 Å². The van der Waals surface area contributed by atoms with Crippen LogP contribution in [0, 0.1) is 0 Å². The summed E-state index contributed by atoms with van der Waals surface area (Å²) in [4.78, 5) is 0. The van der Waals surface area contributed by atoms with Crippen molar-refractivity contribution in [1.82, 2.24) is 0 Å². The van der Waals surface area contributed by atoms with Gasteiger partial charge in [-0.3, -0.25) is 0 Å². The second-order valence-electron chi connectivity index (χ2n) is 5.46. The largest absolute Gasteiger partial charge is 0.459 e. The molecule has 0 aromatic heterocycles. The Morgan fingerprint density at radius 1 is 1.12 bits per heavy atom. The molecule has 17 heavy (non-hydrogen) atoms. The van der Waals surface area contributed by atoms with Crippen molar-refractivity contribution in [2.45, 2.75) is 45.3 Å². The first-order chi connectivity index (χ1) is 8.05. The third-order valence-electron chi connectivity index (χ3n) is 2.98. The Morgan fingerprint density at radius 3 is 2.47 bits per heavy atom. The van der Waals surface area contributed by atoms with E-state index in [2.05, 4.69) is 45.0 Å². The maximum absolute atomic E-state index is 5.27. The summed E-state index contributed by atoms with van der Waals surface area (Å²) in [6.07, 6.45) is 4.98. The molecule has 0 unspecified atom stereocenters. The van der Waals surface area contributed by atoms with Crippen LogP contribution in [0.4, 0.5) is 0 Å². The van der Waals surface area contributed by atoms with Gasteiger partial charge >= 0.3 is 0 Å². The second-order valence-corrected chi connectivity index (χ2v) is 5.46. The van der Waals surface area contributed by atoms with Crippen LogP contribution < -0.4 is 0 Å². The molecule has 0 spiro atoms. The Kier molecular flexibility index (Phi) is 3.41. The number of hydrogen-bond acceptors (Lipinski definition) is 2. The summed E-state index contributed by atoms with van der Waals surface area (Å²) in [6, 6.07) is 8.76. The van der Waals surface area contributed by atoms with Crippen LogP contribution in [0.3, 0.4) is 0 Å². The maximum atomic E-state index is 5.27. The third kappa shape index (κ3) is 3.26. The topological polar surface area (TPSA) is 18.5 Å². The van der Waals surface area contributed by atoms with Crippen LogP contribution in [0.5, 0.6) is 0 Å². The third-order valence-corrected chi connectivity index (χ3v) is 2.98. The monoisotopic (exact) mass is 232 g/mol. The van der Waals surface area contributed by atoms with Crippen LogP contribution in [-0.4, -0.2) is 6.29 Å². The van der Waals surface area contributed by atoms with Gasteiger partial charge in [0.2, 0.25) is 6.29 Å². The summed E-state index contributed by atoms with van der Waals surface area (Å²) in [5, 5.41) is 0. The Morgan fingerprint density at radius 2 is 1.82 bits per heavy atom. The molecular formula is C15H20O2. The molecule has 2 nitrogen and oxygen atoms in total. The second kappa shape index (κ2) is 4.82. The molecule has 1 aliphatic rings. The van der Waals surface area contributed by atoms with Crippen LogP contribution in [0.15, 0.2) is 36.8 Å². The fraction of sp³-hybridized carbons (Fsp3) is 0.467. The van der Waals surface area contributed by atoms with Gasteiger partial charge in [0.15, 0.2) is 0 Å². The maximum Gasteiger partial charge on any atom is 0.240 e. The first-order valence-electron chi connectivity index (χ1n) is 6.11. The molecule has 0 N–H and O–H groups in total. The number of rotatable bonds is 3. The van der Waals surface area contributed by atoms with Crippen molar-refractivity contribution in [3.63, 3.8) is 0 Å². The molecule has 1 aliphatic heterocycles. The van der Waals surface area contributed by atoms with E-state index in [0.717, 1.165) is 12.8 Å². The molecule has 1 aromatic carbocycles.